The molecule has 8 heteroatoms. The molecule has 1 rings (SSSR count). The molecule has 1 N–H and O–H groups in total. The molecule has 0 amide bonds. The smallest absolute Gasteiger partial charge is 0.286 e. The van der Waals surface area contributed by atoms with Crippen LogP contribution in [-0.2, 0) is 0 Å². The van der Waals surface area contributed by atoms with E-state index in [-0.39, 0.29) is 15.7 Å². The van der Waals surface area contributed by atoms with E-state index in [1.54, 1.807) is 12.1 Å². The Morgan fingerprint density at radius 1 is 1.50 bits per heavy atom. The molecule has 0 fully saturated rings. The Balaban J connectivity index is 3.11. The number of nitro benzene ring substituents is 1. The Labute approximate surface area is 109 Å². The summed E-state index contributed by atoms with van der Waals surface area (Å²) in [5, 5.41) is 29.9. The summed E-state index contributed by atoms with van der Waals surface area (Å²) in [7, 11) is 0. The Hall–Kier alpha value is -2.45. The average Bonchev–Trinajstić information content (AvgIpc) is 2.33. The monoisotopic (exact) mass is 310 g/mol. The molecule has 0 saturated heterocycles. The zero-order valence-electron chi connectivity index (χ0n) is 8.65. The molecule has 6 nitrogen and oxygen atoms in total. The third-order valence-electron chi connectivity index (χ3n) is 1.85. The maximum absolute atomic E-state index is 13.5. The maximum Gasteiger partial charge on any atom is 0.286 e. The summed E-state index contributed by atoms with van der Waals surface area (Å²) in [6.45, 7) is 0. The van der Waals surface area contributed by atoms with Crippen LogP contribution in [0.2, 0.25) is 0 Å². The van der Waals surface area contributed by atoms with Gasteiger partial charge >= 0.3 is 0 Å². The van der Waals surface area contributed by atoms with Crippen molar-refractivity contribution >= 4 is 27.3 Å². The number of allylic oxidation sites excluding steroid dienone is 1. The molecule has 0 saturated carbocycles. The average molecular weight is 311 g/mol. The van der Waals surface area contributed by atoms with Crippen LogP contribution in [0.1, 0.15) is 0 Å². The van der Waals surface area contributed by atoms with E-state index >= 15 is 0 Å². The summed E-state index contributed by atoms with van der Waals surface area (Å²) in [4.78, 5) is 9.80. The van der Waals surface area contributed by atoms with Crippen LogP contribution in [0.3, 0.4) is 0 Å². The number of benzene rings is 1. The zero-order chi connectivity index (χ0) is 13.7. The Kier molecular flexibility index (Phi) is 4.35. The van der Waals surface area contributed by atoms with Crippen molar-refractivity contribution in [3.63, 3.8) is 0 Å². The number of nitro groups is 1. The van der Waals surface area contributed by atoms with E-state index in [4.69, 9.17) is 10.5 Å². The van der Waals surface area contributed by atoms with Gasteiger partial charge in [0.2, 0.25) is 0 Å². The van der Waals surface area contributed by atoms with E-state index in [2.05, 4.69) is 21.2 Å². The molecule has 0 aliphatic carbocycles. The van der Waals surface area contributed by atoms with E-state index in [0.717, 1.165) is 18.3 Å². The third-order valence-corrected chi connectivity index (χ3v) is 2.48. The van der Waals surface area contributed by atoms with Gasteiger partial charge in [-0.2, -0.15) is 10.5 Å². The van der Waals surface area contributed by atoms with E-state index in [1.807, 2.05) is 0 Å². The summed E-state index contributed by atoms with van der Waals surface area (Å²) in [5.41, 5.74) is -0.748. The molecule has 0 aliphatic rings. The first kappa shape index (κ1) is 13.6. The van der Waals surface area contributed by atoms with Crippen molar-refractivity contribution in [2.75, 3.05) is 5.32 Å². The van der Waals surface area contributed by atoms with Crippen molar-refractivity contribution in [1.82, 2.24) is 0 Å². The minimum Gasteiger partial charge on any atom is -0.357 e. The standard InChI is InChI=1S/C10H4BrFN4O2/c11-7-1-9(15-5-6(3-13)4-14)8(12)2-10(7)16(17)18/h1-2,5,15H. The number of halogens is 2. The second-order valence-electron chi connectivity index (χ2n) is 2.97. The Morgan fingerprint density at radius 2 is 2.11 bits per heavy atom. The summed E-state index contributed by atoms with van der Waals surface area (Å²) in [5.74, 6) is -0.864. The predicted molar refractivity (Wildman–Crippen MR) is 63.7 cm³/mol. The highest BCUT2D eigenvalue weighted by molar-refractivity contribution is 9.10. The molecule has 18 heavy (non-hydrogen) atoms. The van der Waals surface area contributed by atoms with Crippen LogP contribution < -0.4 is 5.32 Å². The normalized spacial score (nSPS) is 8.89. The molecule has 0 heterocycles. The van der Waals surface area contributed by atoms with Gasteiger partial charge in [0, 0.05) is 6.20 Å². The number of hydrogen-bond acceptors (Lipinski definition) is 5. The highest BCUT2D eigenvalue weighted by Gasteiger charge is 2.16. The molecule has 1 aromatic carbocycles. The first-order chi connectivity index (χ1) is 8.49. The second kappa shape index (κ2) is 5.75. The van der Waals surface area contributed by atoms with Crippen LogP contribution in [0.4, 0.5) is 15.8 Å². The lowest BCUT2D eigenvalue weighted by Crippen LogP contribution is -1.97. The SMILES string of the molecule is N#CC(C#N)=CNc1cc(Br)c([N+](=O)[O-])cc1F. The molecule has 0 aromatic heterocycles. The van der Waals surface area contributed by atoms with Gasteiger partial charge in [0.25, 0.3) is 5.69 Å². The van der Waals surface area contributed by atoms with Crippen LogP contribution in [0.5, 0.6) is 0 Å². The van der Waals surface area contributed by atoms with E-state index in [9.17, 15) is 14.5 Å². The van der Waals surface area contributed by atoms with Crippen molar-refractivity contribution in [2.45, 2.75) is 0 Å². The van der Waals surface area contributed by atoms with Gasteiger partial charge in [0.15, 0.2) is 5.82 Å². The van der Waals surface area contributed by atoms with Gasteiger partial charge in [-0.05, 0) is 22.0 Å². The molecule has 0 bridgehead atoms. The van der Waals surface area contributed by atoms with Gasteiger partial charge in [-0.3, -0.25) is 10.1 Å². The summed E-state index contributed by atoms with van der Waals surface area (Å²) in [6, 6.07) is 5.05. The van der Waals surface area contributed by atoms with E-state index in [1.165, 1.54) is 0 Å². The number of nitrogens with zero attached hydrogens (tertiary/aromatic N) is 3. The minimum absolute atomic E-state index is 0.0836. The van der Waals surface area contributed by atoms with E-state index < -0.39 is 16.4 Å². The molecule has 90 valence electrons. The molecular formula is C10H4BrFN4O2. The van der Waals surface area contributed by atoms with Crippen molar-refractivity contribution in [3.05, 3.63) is 44.3 Å². The van der Waals surface area contributed by atoms with Crippen molar-refractivity contribution < 1.29 is 9.31 Å². The van der Waals surface area contributed by atoms with Crippen molar-refractivity contribution in [3.8, 4) is 12.1 Å². The van der Waals surface area contributed by atoms with Gasteiger partial charge in [0.1, 0.15) is 17.7 Å². The molecule has 1 aromatic rings. The van der Waals surface area contributed by atoms with Crippen LogP contribution in [0, 0.1) is 38.6 Å². The Morgan fingerprint density at radius 3 is 2.61 bits per heavy atom. The zero-order valence-corrected chi connectivity index (χ0v) is 10.2. The van der Waals surface area contributed by atoms with Crippen molar-refractivity contribution in [2.24, 2.45) is 0 Å². The van der Waals surface area contributed by atoms with Crippen LogP contribution in [-0.4, -0.2) is 4.92 Å². The number of nitrogens with one attached hydrogen (secondary N) is 1. The van der Waals surface area contributed by atoms with Gasteiger partial charge in [-0.1, -0.05) is 0 Å². The maximum atomic E-state index is 13.5. The van der Waals surface area contributed by atoms with Crippen LogP contribution in [0.25, 0.3) is 0 Å². The number of anilines is 1. The molecule has 0 radical (unpaired) electrons. The third kappa shape index (κ3) is 3.03. The largest absolute Gasteiger partial charge is 0.357 e. The molecular weight excluding hydrogens is 307 g/mol. The fraction of sp³-hybridized carbons (Fsp3) is 0. The fourth-order valence-electron chi connectivity index (χ4n) is 1.03. The summed E-state index contributed by atoms with van der Waals surface area (Å²) < 4.78 is 13.5. The lowest BCUT2D eigenvalue weighted by molar-refractivity contribution is -0.385. The first-order valence-corrected chi connectivity index (χ1v) is 5.19. The quantitative estimate of drug-likeness (QED) is 0.525. The van der Waals surface area contributed by atoms with Crippen LogP contribution in [0.15, 0.2) is 28.4 Å². The highest BCUT2D eigenvalue weighted by atomic mass is 79.9. The summed E-state index contributed by atoms with van der Waals surface area (Å²) >= 11 is 2.92. The van der Waals surface area contributed by atoms with Crippen LogP contribution >= 0.6 is 15.9 Å². The number of nitriles is 2. The second-order valence-corrected chi connectivity index (χ2v) is 3.82. The summed E-state index contributed by atoms with van der Waals surface area (Å²) in [6.07, 6.45) is 1.01. The Bertz CT molecular complexity index is 600. The van der Waals surface area contributed by atoms with Gasteiger partial charge in [-0.25, -0.2) is 4.39 Å². The molecule has 0 aliphatic heterocycles. The first-order valence-electron chi connectivity index (χ1n) is 4.40. The topological polar surface area (TPSA) is 103 Å². The number of rotatable bonds is 3. The lowest BCUT2D eigenvalue weighted by atomic mass is 10.2. The predicted octanol–water partition coefficient (Wildman–Crippen LogP) is 2.84. The van der Waals surface area contributed by atoms with E-state index in [0.29, 0.717) is 0 Å². The van der Waals surface area contributed by atoms with Crippen molar-refractivity contribution in [1.29, 1.82) is 10.5 Å². The number of hydrogen-bond donors (Lipinski definition) is 1. The molecule has 0 atom stereocenters. The van der Waals surface area contributed by atoms with Gasteiger partial charge < -0.3 is 5.32 Å². The highest BCUT2D eigenvalue weighted by Crippen LogP contribution is 2.30. The minimum atomic E-state index is -0.864. The molecule has 0 spiro atoms. The van der Waals surface area contributed by atoms with Gasteiger partial charge in [0.05, 0.1) is 21.1 Å². The molecule has 0 unspecified atom stereocenters. The van der Waals surface area contributed by atoms with Gasteiger partial charge in [-0.15, -0.1) is 0 Å². The lowest BCUT2D eigenvalue weighted by Gasteiger charge is -2.04. The fourth-order valence-corrected chi connectivity index (χ4v) is 1.51.